The molecule has 0 saturated carbocycles. The minimum atomic E-state index is -4.22. The first-order valence-corrected chi connectivity index (χ1v) is 12.4. The summed E-state index contributed by atoms with van der Waals surface area (Å²) in [6.45, 7) is -0.577. The molecule has 3 rings (SSSR count). The number of non-ortho nitro benzene ring substituents is 2. The highest BCUT2D eigenvalue weighted by molar-refractivity contribution is 7.89. The lowest BCUT2D eigenvalue weighted by Crippen LogP contribution is -2.54. The number of urea groups is 1. The minimum absolute atomic E-state index is 0.0228. The van der Waals surface area contributed by atoms with Gasteiger partial charge in [0.25, 0.3) is 11.4 Å². The van der Waals surface area contributed by atoms with Crippen LogP contribution in [0.3, 0.4) is 0 Å². The predicted octanol–water partition coefficient (Wildman–Crippen LogP) is 1.05. The number of benzene rings is 2. The van der Waals surface area contributed by atoms with Gasteiger partial charge in [-0.3, -0.25) is 25.0 Å². The summed E-state index contributed by atoms with van der Waals surface area (Å²) in [5, 5.41) is 37.9. The molecule has 1 aliphatic heterocycles. The van der Waals surface area contributed by atoms with Gasteiger partial charge in [0.15, 0.2) is 0 Å². The van der Waals surface area contributed by atoms with Crippen LogP contribution in [0.1, 0.15) is 12.8 Å². The Bertz CT molecular complexity index is 1350. The van der Waals surface area contributed by atoms with E-state index in [9.17, 15) is 48.1 Å². The van der Waals surface area contributed by atoms with Crippen LogP contribution in [0.5, 0.6) is 0 Å². The molecule has 2 aromatic carbocycles. The number of nitrogens with one attached hydrogen (secondary N) is 3. The number of hydrogen-bond donors (Lipinski definition) is 4. The third-order valence-electron chi connectivity index (χ3n) is 5.58. The molecule has 17 heteroatoms. The number of nitro benzene ring substituents is 2. The van der Waals surface area contributed by atoms with Crippen molar-refractivity contribution in [1.29, 1.82) is 0 Å². The second-order valence-electron chi connectivity index (χ2n) is 8.06. The molecule has 0 aromatic heterocycles. The molecular weight excluding hydrogens is 528 g/mol. The number of carboxylic acid groups (broad SMARTS) is 1. The van der Waals surface area contributed by atoms with Crippen LogP contribution in [0.15, 0.2) is 53.4 Å². The summed E-state index contributed by atoms with van der Waals surface area (Å²) in [5.41, 5.74) is -0.308. The third kappa shape index (κ3) is 6.56. The van der Waals surface area contributed by atoms with Crippen molar-refractivity contribution in [1.82, 2.24) is 14.9 Å². The van der Waals surface area contributed by atoms with Crippen LogP contribution in [0.2, 0.25) is 0 Å². The fourth-order valence-corrected chi connectivity index (χ4v) is 5.33. The van der Waals surface area contributed by atoms with Gasteiger partial charge in [0, 0.05) is 36.5 Å². The van der Waals surface area contributed by atoms with Crippen LogP contribution >= 0.6 is 0 Å². The summed E-state index contributed by atoms with van der Waals surface area (Å²) in [6.07, 6.45) is 0.427. The summed E-state index contributed by atoms with van der Waals surface area (Å²) in [4.78, 5) is 56.6. The van der Waals surface area contributed by atoms with Gasteiger partial charge in [0.2, 0.25) is 15.9 Å². The summed E-state index contributed by atoms with van der Waals surface area (Å²) in [6, 6.07) is 5.33. The standard InChI is InChI=1S/C21H22N6O10S/c28-19(18-2-1-11-25(18)38(36,37)16-9-7-15(8-10-16)27(34)35)24-17(20(29)30)12-22-21(31)23-13-3-5-14(6-4-13)26(32)33/h3-10,17-18H,1-2,11-12H2,(H,24,28)(H,29,30)(H2,22,23,31)/t17-,18-/m0/s1. The number of nitrogens with zero attached hydrogens (tertiary/aromatic N) is 3. The van der Waals surface area contributed by atoms with Gasteiger partial charge < -0.3 is 21.1 Å². The Morgan fingerprint density at radius 1 is 1.00 bits per heavy atom. The Labute approximate surface area is 215 Å². The zero-order chi connectivity index (χ0) is 28.0. The average molecular weight is 551 g/mol. The summed E-state index contributed by atoms with van der Waals surface area (Å²) in [7, 11) is -4.22. The zero-order valence-electron chi connectivity index (χ0n) is 19.5. The topological polar surface area (TPSA) is 231 Å². The summed E-state index contributed by atoms with van der Waals surface area (Å²) in [5.74, 6) is -2.38. The molecule has 0 radical (unpaired) electrons. The summed E-state index contributed by atoms with van der Waals surface area (Å²) < 4.78 is 27.0. The van der Waals surface area contributed by atoms with Crippen molar-refractivity contribution in [3.05, 3.63) is 68.8 Å². The maximum atomic E-state index is 13.1. The first-order valence-electron chi connectivity index (χ1n) is 11.0. The van der Waals surface area contributed by atoms with E-state index in [-0.39, 0.29) is 34.9 Å². The molecule has 2 aromatic rings. The van der Waals surface area contributed by atoms with E-state index in [0.717, 1.165) is 40.7 Å². The third-order valence-corrected chi connectivity index (χ3v) is 7.50. The first kappa shape index (κ1) is 27.9. The molecule has 3 amide bonds. The van der Waals surface area contributed by atoms with E-state index in [1.165, 1.54) is 12.1 Å². The Hall–Kier alpha value is -4.64. The maximum absolute atomic E-state index is 13.1. The number of sulfonamides is 1. The molecule has 1 saturated heterocycles. The number of aliphatic carboxylic acids is 1. The van der Waals surface area contributed by atoms with Crippen molar-refractivity contribution in [3.63, 3.8) is 0 Å². The van der Waals surface area contributed by atoms with Gasteiger partial charge in [-0.25, -0.2) is 18.0 Å². The van der Waals surface area contributed by atoms with Gasteiger partial charge in [-0.05, 0) is 37.1 Å². The van der Waals surface area contributed by atoms with E-state index < -0.39 is 56.4 Å². The Kier molecular flexibility index (Phi) is 8.53. The Balaban J connectivity index is 1.62. The van der Waals surface area contributed by atoms with Gasteiger partial charge >= 0.3 is 12.0 Å². The molecule has 1 aliphatic rings. The number of rotatable bonds is 10. The van der Waals surface area contributed by atoms with Crippen molar-refractivity contribution in [3.8, 4) is 0 Å². The van der Waals surface area contributed by atoms with E-state index in [4.69, 9.17) is 0 Å². The van der Waals surface area contributed by atoms with Gasteiger partial charge in [-0.1, -0.05) is 0 Å². The van der Waals surface area contributed by atoms with E-state index >= 15 is 0 Å². The number of hydrogen-bond acceptors (Lipinski definition) is 9. The minimum Gasteiger partial charge on any atom is -0.480 e. The first-order chi connectivity index (χ1) is 17.9. The zero-order valence-corrected chi connectivity index (χ0v) is 20.3. The number of carboxylic acids is 1. The number of nitro groups is 2. The number of carbonyl (C=O) groups excluding carboxylic acids is 2. The smallest absolute Gasteiger partial charge is 0.328 e. The lowest BCUT2D eigenvalue weighted by Gasteiger charge is -2.25. The lowest BCUT2D eigenvalue weighted by molar-refractivity contribution is -0.385. The van der Waals surface area contributed by atoms with Crippen LogP contribution in [-0.4, -0.2) is 70.8 Å². The van der Waals surface area contributed by atoms with Crippen molar-refractivity contribution in [2.45, 2.75) is 29.8 Å². The Morgan fingerprint density at radius 3 is 2.08 bits per heavy atom. The fourth-order valence-electron chi connectivity index (χ4n) is 3.67. The van der Waals surface area contributed by atoms with Gasteiger partial charge in [-0.15, -0.1) is 0 Å². The molecule has 202 valence electrons. The molecule has 1 fully saturated rings. The highest BCUT2D eigenvalue weighted by Gasteiger charge is 2.40. The van der Waals surface area contributed by atoms with E-state index in [2.05, 4.69) is 16.0 Å². The second kappa shape index (κ2) is 11.6. The number of anilines is 1. The quantitative estimate of drug-likeness (QED) is 0.242. The van der Waals surface area contributed by atoms with Crippen LogP contribution < -0.4 is 16.0 Å². The molecule has 1 heterocycles. The monoisotopic (exact) mass is 550 g/mol. The molecule has 0 bridgehead atoms. The SMILES string of the molecule is O=C(NC[C@H](NC(=O)[C@@H]1CCCN1S(=O)(=O)c1ccc([N+](=O)[O-])cc1)C(=O)O)Nc1ccc([N+](=O)[O-])cc1. The highest BCUT2D eigenvalue weighted by Crippen LogP contribution is 2.27. The largest absolute Gasteiger partial charge is 0.480 e. The van der Waals surface area contributed by atoms with Gasteiger partial charge in [0.05, 0.1) is 21.3 Å². The molecule has 16 nitrogen and oxygen atoms in total. The molecule has 38 heavy (non-hydrogen) atoms. The fraction of sp³-hybridized carbons (Fsp3) is 0.286. The molecule has 2 atom stereocenters. The molecule has 0 spiro atoms. The van der Waals surface area contributed by atoms with Crippen LogP contribution in [0, 0.1) is 20.2 Å². The van der Waals surface area contributed by atoms with Crippen molar-refractivity contribution in [2.75, 3.05) is 18.4 Å². The van der Waals surface area contributed by atoms with Crippen molar-refractivity contribution in [2.24, 2.45) is 0 Å². The van der Waals surface area contributed by atoms with Crippen molar-refractivity contribution < 1.29 is 37.8 Å². The predicted molar refractivity (Wildman–Crippen MR) is 130 cm³/mol. The summed E-state index contributed by atoms with van der Waals surface area (Å²) >= 11 is 0. The van der Waals surface area contributed by atoms with Crippen LogP contribution in [-0.2, 0) is 19.6 Å². The average Bonchev–Trinajstić information content (AvgIpc) is 3.38. The van der Waals surface area contributed by atoms with E-state index in [1.54, 1.807) is 0 Å². The second-order valence-corrected chi connectivity index (χ2v) is 9.95. The number of carbonyl (C=O) groups is 3. The molecular formula is C21H22N6O10S. The molecule has 0 unspecified atom stereocenters. The Morgan fingerprint density at radius 2 is 1.55 bits per heavy atom. The molecule has 0 aliphatic carbocycles. The lowest BCUT2D eigenvalue weighted by atomic mass is 10.2. The van der Waals surface area contributed by atoms with Gasteiger partial charge in [0.1, 0.15) is 12.1 Å². The maximum Gasteiger partial charge on any atom is 0.328 e. The van der Waals surface area contributed by atoms with Crippen LogP contribution in [0.4, 0.5) is 21.9 Å². The highest BCUT2D eigenvalue weighted by atomic mass is 32.2. The van der Waals surface area contributed by atoms with E-state index in [0.29, 0.717) is 6.42 Å². The van der Waals surface area contributed by atoms with E-state index in [1.807, 2.05) is 0 Å². The molecule has 4 N–H and O–H groups in total. The van der Waals surface area contributed by atoms with Crippen molar-refractivity contribution >= 4 is 45.0 Å². The van der Waals surface area contributed by atoms with Crippen LogP contribution in [0.25, 0.3) is 0 Å². The normalized spacial score (nSPS) is 16.3. The van der Waals surface area contributed by atoms with Gasteiger partial charge in [-0.2, -0.15) is 4.31 Å². The number of amides is 3.